The molecular weight excluding hydrogens is 260 g/mol. The predicted octanol–water partition coefficient (Wildman–Crippen LogP) is 1.44. The first kappa shape index (κ1) is 14.8. The zero-order valence-electron chi connectivity index (χ0n) is 12.4. The molecule has 108 valence electrons. The molecule has 2 rings (SSSR count). The van der Waals surface area contributed by atoms with Gasteiger partial charge in [0.05, 0.1) is 24.0 Å². The molecule has 0 spiro atoms. The molecule has 1 aliphatic heterocycles. The number of fused-ring (bicyclic) bond motifs is 1. The van der Waals surface area contributed by atoms with Crippen molar-refractivity contribution in [3.8, 4) is 0 Å². The quantitative estimate of drug-likeness (QED) is 0.853. The van der Waals surface area contributed by atoms with Crippen LogP contribution in [-0.4, -0.2) is 37.6 Å². The Bertz CT molecular complexity index is 440. The Labute approximate surface area is 118 Å². The van der Waals surface area contributed by atoms with E-state index in [1.807, 2.05) is 27.7 Å². The minimum atomic E-state index is -1.07. The smallest absolute Gasteiger partial charge is 0.136 e. The van der Waals surface area contributed by atoms with Gasteiger partial charge < -0.3 is 4.55 Å². The van der Waals surface area contributed by atoms with Gasteiger partial charge in [-0.3, -0.25) is 9.58 Å². The maximum Gasteiger partial charge on any atom is 0.136 e. The average Bonchev–Trinajstić information content (AvgIpc) is 2.70. The fourth-order valence-electron chi connectivity index (χ4n) is 2.03. The zero-order valence-corrected chi connectivity index (χ0v) is 13.3. The maximum absolute atomic E-state index is 12.1. The lowest BCUT2D eigenvalue weighted by molar-refractivity contribution is 0.258. The Morgan fingerprint density at radius 3 is 2.74 bits per heavy atom. The van der Waals surface area contributed by atoms with Crippen LogP contribution in [0.2, 0.25) is 0 Å². The highest BCUT2D eigenvalue weighted by atomic mass is 32.2. The zero-order chi connectivity index (χ0) is 14.2. The highest BCUT2D eigenvalue weighted by Crippen LogP contribution is 2.21. The van der Waals surface area contributed by atoms with Crippen molar-refractivity contribution in [1.82, 2.24) is 19.4 Å². The van der Waals surface area contributed by atoms with Gasteiger partial charge in [0.15, 0.2) is 0 Å². The monoisotopic (exact) mass is 284 g/mol. The van der Waals surface area contributed by atoms with E-state index in [1.54, 1.807) is 0 Å². The first-order valence-electron chi connectivity index (χ1n) is 6.70. The van der Waals surface area contributed by atoms with Crippen molar-refractivity contribution in [2.45, 2.75) is 51.6 Å². The van der Waals surface area contributed by atoms with E-state index in [0.29, 0.717) is 0 Å². The van der Waals surface area contributed by atoms with Gasteiger partial charge in [-0.15, -0.1) is 4.72 Å². The number of hydrogen-bond acceptors (Lipinski definition) is 4. The predicted molar refractivity (Wildman–Crippen MR) is 78.0 cm³/mol. The van der Waals surface area contributed by atoms with E-state index in [-0.39, 0.29) is 10.8 Å². The van der Waals surface area contributed by atoms with E-state index in [4.69, 9.17) is 0 Å². The van der Waals surface area contributed by atoms with Crippen LogP contribution in [-0.2, 0) is 24.5 Å². The molecule has 0 saturated heterocycles. The molecule has 0 aliphatic carbocycles. The molecule has 0 fully saturated rings. The molecule has 0 bridgehead atoms. The first-order valence-corrected chi connectivity index (χ1v) is 7.85. The first-order chi connectivity index (χ1) is 8.77. The third-order valence-corrected chi connectivity index (χ3v) is 4.97. The van der Waals surface area contributed by atoms with Crippen molar-refractivity contribution in [2.24, 2.45) is 0 Å². The van der Waals surface area contributed by atoms with Crippen LogP contribution in [0, 0.1) is 0 Å². The van der Waals surface area contributed by atoms with Gasteiger partial charge in [-0.05, 0) is 40.8 Å². The average molecular weight is 284 g/mol. The topological polar surface area (TPSA) is 56.1 Å². The van der Waals surface area contributed by atoms with Crippen molar-refractivity contribution >= 4 is 11.4 Å². The lowest BCUT2D eigenvalue weighted by atomic mass is 10.2. The highest BCUT2D eigenvalue weighted by molar-refractivity contribution is 7.90. The third kappa shape index (κ3) is 3.51. The van der Waals surface area contributed by atoms with Crippen LogP contribution in [0.3, 0.4) is 0 Å². The SMILES string of the molecule is C[C@H](N[S+]([O-])C(C)(C)C)c1cc2n(n1)CCN(C)C2. The molecule has 1 unspecified atom stereocenters. The van der Waals surface area contributed by atoms with Crippen LogP contribution in [0.15, 0.2) is 6.07 Å². The minimum absolute atomic E-state index is 0.00321. The second-order valence-corrected chi connectivity index (χ2v) is 8.24. The van der Waals surface area contributed by atoms with Crippen molar-refractivity contribution in [3.05, 3.63) is 17.5 Å². The molecule has 6 heteroatoms. The summed E-state index contributed by atoms with van der Waals surface area (Å²) in [6, 6.07) is 2.12. The lowest BCUT2D eigenvalue weighted by Gasteiger charge is -2.25. The van der Waals surface area contributed by atoms with Crippen molar-refractivity contribution < 1.29 is 4.55 Å². The number of hydrogen-bond donors (Lipinski definition) is 1. The summed E-state index contributed by atoms with van der Waals surface area (Å²) in [6.45, 7) is 10.8. The largest absolute Gasteiger partial charge is 0.598 e. The Kier molecular flexibility index (Phi) is 4.25. The molecule has 19 heavy (non-hydrogen) atoms. The van der Waals surface area contributed by atoms with Crippen LogP contribution in [0.5, 0.6) is 0 Å². The van der Waals surface area contributed by atoms with E-state index < -0.39 is 11.4 Å². The molecule has 1 N–H and O–H groups in total. The van der Waals surface area contributed by atoms with Gasteiger partial charge in [-0.25, -0.2) is 0 Å². The van der Waals surface area contributed by atoms with Crippen LogP contribution in [0.25, 0.3) is 0 Å². The molecule has 1 aliphatic rings. The van der Waals surface area contributed by atoms with Crippen molar-refractivity contribution in [2.75, 3.05) is 13.6 Å². The second-order valence-electron chi connectivity index (χ2n) is 6.24. The Hall–Kier alpha value is -0.560. The second kappa shape index (κ2) is 5.44. The fraction of sp³-hybridized carbons (Fsp3) is 0.769. The summed E-state index contributed by atoms with van der Waals surface area (Å²) >= 11 is -1.07. The maximum atomic E-state index is 12.1. The number of likely N-dealkylation sites (N-methyl/N-ethyl adjacent to an activating group) is 1. The molecular formula is C13H24N4OS. The Morgan fingerprint density at radius 2 is 2.11 bits per heavy atom. The number of aromatic nitrogens is 2. The van der Waals surface area contributed by atoms with Gasteiger partial charge in [0.25, 0.3) is 0 Å². The van der Waals surface area contributed by atoms with E-state index in [2.05, 4.69) is 32.5 Å². The van der Waals surface area contributed by atoms with E-state index in [0.717, 1.165) is 25.3 Å². The number of rotatable bonds is 3. The Morgan fingerprint density at radius 1 is 1.42 bits per heavy atom. The minimum Gasteiger partial charge on any atom is -0.598 e. The van der Waals surface area contributed by atoms with Gasteiger partial charge in [0.2, 0.25) is 0 Å². The molecule has 2 atom stereocenters. The van der Waals surface area contributed by atoms with Crippen LogP contribution < -0.4 is 4.72 Å². The van der Waals surface area contributed by atoms with Gasteiger partial charge >= 0.3 is 0 Å². The van der Waals surface area contributed by atoms with E-state index >= 15 is 0 Å². The van der Waals surface area contributed by atoms with Crippen LogP contribution in [0.4, 0.5) is 0 Å². The normalized spacial score (nSPS) is 20.1. The summed E-state index contributed by atoms with van der Waals surface area (Å²) < 4.78 is 17.0. The summed E-state index contributed by atoms with van der Waals surface area (Å²) in [5.41, 5.74) is 2.21. The molecule has 0 radical (unpaired) electrons. The van der Waals surface area contributed by atoms with Crippen LogP contribution in [0.1, 0.15) is 45.1 Å². The standard InChI is InChI=1S/C13H24N4OS/c1-10(15-19(18)13(2,3)4)12-8-11-9-16(5)6-7-17(11)14-12/h8,10,15H,6-7,9H2,1-5H3/t10-,19?/m0/s1. The van der Waals surface area contributed by atoms with Gasteiger partial charge in [0.1, 0.15) is 4.75 Å². The van der Waals surface area contributed by atoms with Gasteiger partial charge in [-0.2, -0.15) is 5.10 Å². The summed E-state index contributed by atoms with van der Waals surface area (Å²) in [5.74, 6) is 0. The number of nitrogens with zero attached hydrogens (tertiary/aromatic N) is 3. The number of nitrogens with one attached hydrogen (secondary N) is 1. The molecule has 1 aromatic rings. The molecule has 0 aromatic carbocycles. The lowest BCUT2D eigenvalue weighted by Crippen LogP contribution is -2.40. The van der Waals surface area contributed by atoms with Gasteiger partial charge in [-0.1, -0.05) is 0 Å². The molecule has 5 nitrogen and oxygen atoms in total. The third-order valence-electron chi connectivity index (χ3n) is 3.29. The summed E-state index contributed by atoms with van der Waals surface area (Å²) in [7, 11) is 2.12. The van der Waals surface area contributed by atoms with Crippen molar-refractivity contribution in [3.63, 3.8) is 0 Å². The molecule has 2 heterocycles. The van der Waals surface area contributed by atoms with Gasteiger partial charge in [0, 0.05) is 24.5 Å². The summed E-state index contributed by atoms with van der Waals surface area (Å²) in [4.78, 5) is 2.28. The summed E-state index contributed by atoms with van der Waals surface area (Å²) in [6.07, 6.45) is 0. The molecule has 0 saturated carbocycles. The molecule has 0 amide bonds. The van der Waals surface area contributed by atoms with E-state index in [1.165, 1.54) is 5.69 Å². The Balaban J connectivity index is 2.06. The van der Waals surface area contributed by atoms with Crippen molar-refractivity contribution in [1.29, 1.82) is 0 Å². The molecule has 1 aromatic heterocycles. The summed E-state index contributed by atoms with van der Waals surface area (Å²) in [5, 5.41) is 4.61. The van der Waals surface area contributed by atoms with E-state index in [9.17, 15) is 4.55 Å². The fourth-order valence-corrected chi connectivity index (χ4v) is 2.82. The highest BCUT2D eigenvalue weighted by Gasteiger charge is 2.29. The van der Waals surface area contributed by atoms with Crippen LogP contribution >= 0.6 is 0 Å².